The molecule has 7 nitrogen and oxygen atoms in total. The first-order chi connectivity index (χ1) is 12.0. The molecular formula is C18H23N5O2. The van der Waals surface area contributed by atoms with Gasteiger partial charge in [-0.05, 0) is 49.9 Å². The Labute approximate surface area is 146 Å². The highest BCUT2D eigenvalue weighted by atomic mass is 16.2. The van der Waals surface area contributed by atoms with Gasteiger partial charge in [-0.25, -0.2) is 4.68 Å². The van der Waals surface area contributed by atoms with Crippen molar-refractivity contribution in [1.29, 1.82) is 0 Å². The van der Waals surface area contributed by atoms with Crippen LogP contribution < -0.4 is 10.6 Å². The van der Waals surface area contributed by atoms with Crippen LogP contribution in [0.25, 0.3) is 5.69 Å². The molecule has 0 bridgehead atoms. The average molecular weight is 341 g/mol. The largest absolute Gasteiger partial charge is 0.355 e. The van der Waals surface area contributed by atoms with Crippen LogP contribution in [0.4, 0.5) is 0 Å². The Morgan fingerprint density at radius 2 is 2.04 bits per heavy atom. The van der Waals surface area contributed by atoms with Crippen LogP contribution in [0.3, 0.4) is 0 Å². The van der Waals surface area contributed by atoms with E-state index in [2.05, 4.69) is 27.9 Å². The molecule has 1 saturated carbocycles. The van der Waals surface area contributed by atoms with Gasteiger partial charge in [0, 0.05) is 18.7 Å². The number of benzene rings is 1. The monoisotopic (exact) mass is 341 g/mol. The summed E-state index contributed by atoms with van der Waals surface area (Å²) in [5, 5.41) is 13.9. The molecule has 1 heterocycles. The minimum absolute atomic E-state index is 0.124. The fourth-order valence-electron chi connectivity index (χ4n) is 2.80. The predicted octanol–water partition coefficient (Wildman–Crippen LogP) is 1.78. The Morgan fingerprint density at radius 1 is 1.28 bits per heavy atom. The molecule has 1 aliphatic rings. The summed E-state index contributed by atoms with van der Waals surface area (Å²) in [5.41, 5.74) is 3.45. The van der Waals surface area contributed by atoms with E-state index in [1.165, 1.54) is 0 Å². The van der Waals surface area contributed by atoms with E-state index in [0.29, 0.717) is 17.7 Å². The quantitative estimate of drug-likeness (QED) is 0.838. The van der Waals surface area contributed by atoms with Crippen LogP contribution in [0.15, 0.2) is 18.2 Å². The molecule has 0 spiro atoms. The highest BCUT2D eigenvalue weighted by Gasteiger charge is 2.27. The maximum Gasteiger partial charge on any atom is 0.273 e. The number of rotatable bonds is 6. The molecule has 2 N–H and O–H groups in total. The summed E-state index contributed by atoms with van der Waals surface area (Å²) >= 11 is 0. The van der Waals surface area contributed by atoms with Crippen LogP contribution in [0.5, 0.6) is 0 Å². The Hall–Kier alpha value is -2.70. The number of hydrogen-bond donors (Lipinski definition) is 2. The average Bonchev–Trinajstić information content (AvgIpc) is 3.31. The summed E-state index contributed by atoms with van der Waals surface area (Å²) < 4.78 is 1.70. The molecule has 1 aromatic carbocycles. The molecule has 0 aliphatic heterocycles. The molecule has 2 amide bonds. The van der Waals surface area contributed by atoms with Crippen molar-refractivity contribution >= 4 is 11.8 Å². The standard InChI is InChI=1S/C18H23N5O2/c1-4-5-15-16(18(25)20-12-6-7-12)21-22-23(15)13-8-9-14(11(2)10-13)17(24)19-3/h8-10,12H,4-7H2,1-3H3,(H,19,24)(H,20,25). The summed E-state index contributed by atoms with van der Waals surface area (Å²) in [5.74, 6) is -0.281. The molecule has 0 radical (unpaired) electrons. The third-order valence-electron chi connectivity index (χ3n) is 4.30. The lowest BCUT2D eigenvalue weighted by atomic mass is 10.1. The highest BCUT2D eigenvalue weighted by molar-refractivity contribution is 5.96. The number of amides is 2. The molecule has 7 heteroatoms. The van der Waals surface area contributed by atoms with Crippen molar-refractivity contribution < 1.29 is 9.59 Å². The Kier molecular flexibility index (Phi) is 4.83. The minimum Gasteiger partial charge on any atom is -0.355 e. The highest BCUT2D eigenvalue weighted by Crippen LogP contribution is 2.21. The third kappa shape index (κ3) is 3.55. The molecule has 0 unspecified atom stereocenters. The second-order valence-corrected chi connectivity index (χ2v) is 6.37. The maximum atomic E-state index is 12.4. The zero-order valence-electron chi connectivity index (χ0n) is 14.8. The van der Waals surface area contributed by atoms with E-state index in [1.54, 1.807) is 17.8 Å². The van der Waals surface area contributed by atoms with Gasteiger partial charge in [0.15, 0.2) is 5.69 Å². The van der Waals surface area contributed by atoms with Crippen molar-refractivity contribution in [3.63, 3.8) is 0 Å². The molecule has 1 aliphatic carbocycles. The number of aromatic nitrogens is 3. The van der Waals surface area contributed by atoms with E-state index in [-0.39, 0.29) is 17.9 Å². The first-order valence-electron chi connectivity index (χ1n) is 8.63. The van der Waals surface area contributed by atoms with Gasteiger partial charge < -0.3 is 10.6 Å². The Morgan fingerprint density at radius 3 is 2.64 bits per heavy atom. The van der Waals surface area contributed by atoms with Crippen LogP contribution in [0.2, 0.25) is 0 Å². The smallest absolute Gasteiger partial charge is 0.273 e. The number of hydrogen-bond acceptors (Lipinski definition) is 4. The van der Waals surface area contributed by atoms with E-state index in [1.807, 2.05) is 19.1 Å². The molecule has 3 rings (SSSR count). The molecule has 0 atom stereocenters. The van der Waals surface area contributed by atoms with E-state index < -0.39 is 0 Å². The lowest BCUT2D eigenvalue weighted by Crippen LogP contribution is -2.27. The second-order valence-electron chi connectivity index (χ2n) is 6.37. The molecule has 25 heavy (non-hydrogen) atoms. The van der Waals surface area contributed by atoms with E-state index in [0.717, 1.165) is 36.2 Å². The number of carbonyl (C=O) groups excluding carboxylic acids is 2. The predicted molar refractivity (Wildman–Crippen MR) is 94.0 cm³/mol. The van der Waals surface area contributed by atoms with Crippen molar-refractivity contribution in [2.24, 2.45) is 0 Å². The Bertz CT molecular complexity index is 808. The summed E-state index contributed by atoms with van der Waals surface area (Å²) in [6.07, 6.45) is 3.65. The van der Waals surface area contributed by atoms with Crippen molar-refractivity contribution in [2.45, 2.75) is 45.6 Å². The van der Waals surface area contributed by atoms with Crippen molar-refractivity contribution in [3.8, 4) is 5.69 Å². The third-order valence-corrected chi connectivity index (χ3v) is 4.30. The van der Waals surface area contributed by atoms with Crippen LogP contribution in [-0.4, -0.2) is 39.9 Å². The van der Waals surface area contributed by atoms with Crippen LogP contribution >= 0.6 is 0 Å². The Balaban J connectivity index is 1.96. The van der Waals surface area contributed by atoms with Gasteiger partial charge in [-0.15, -0.1) is 5.10 Å². The number of nitrogens with zero attached hydrogens (tertiary/aromatic N) is 3. The molecular weight excluding hydrogens is 318 g/mol. The second kappa shape index (κ2) is 7.04. The first kappa shape index (κ1) is 17.1. The van der Waals surface area contributed by atoms with Crippen LogP contribution in [0, 0.1) is 6.92 Å². The van der Waals surface area contributed by atoms with Crippen LogP contribution in [0.1, 0.15) is 58.3 Å². The first-order valence-corrected chi connectivity index (χ1v) is 8.63. The van der Waals surface area contributed by atoms with E-state index in [9.17, 15) is 9.59 Å². The fourth-order valence-corrected chi connectivity index (χ4v) is 2.80. The molecule has 2 aromatic rings. The number of carbonyl (C=O) groups is 2. The SMILES string of the molecule is CCCc1c(C(=O)NC2CC2)nnn1-c1ccc(C(=O)NC)c(C)c1. The summed E-state index contributed by atoms with van der Waals surface area (Å²) in [4.78, 5) is 24.3. The zero-order chi connectivity index (χ0) is 18.0. The molecule has 132 valence electrons. The number of aryl methyl sites for hydroxylation is 1. The van der Waals surface area contributed by atoms with Gasteiger partial charge in [-0.3, -0.25) is 9.59 Å². The normalized spacial score (nSPS) is 13.6. The van der Waals surface area contributed by atoms with Gasteiger partial charge in [0.05, 0.1) is 11.4 Å². The summed E-state index contributed by atoms with van der Waals surface area (Å²) in [6, 6.07) is 5.76. The van der Waals surface area contributed by atoms with Gasteiger partial charge in [0.2, 0.25) is 0 Å². The van der Waals surface area contributed by atoms with Gasteiger partial charge in [0.25, 0.3) is 11.8 Å². The number of nitrogens with one attached hydrogen (secondary N) is 2. The topological polar surface area (TPSA) is 88.9 Å². The van der Waals surface area contributed by atoms with Crippen molar-refractivity contribution in [3.05, 3.63) is 40.7 Å². The van der Waals surface area contributed by atoms with Gasteiger partial charge >= 0.3 is 0 Å². The molecule has 1 fully saturated rings. The molecule has 0 saturated heterocycles. The summed E-state index contributed by atoms with van der Waals surface area (Å²) in [6.45, 7) is 3.94. The van der Waals surface area contributed by atoms with Gasteiger partial charge in [-0.1, -0.05) is 18.6 Å². The summed E-state index contributed by atoms with van der Waals surface area (Å²) in [7, 11) is 1.61. The lowest BCUT2D eigenvalue weighted by molar-refractivity contribution is 0.0941. The van der Waals surface area contributed by atoms with Crippen molar-refractivity contribution in [1.82, 2.24) is 25.6 Å². The fraction of sp³-hybridized carbons (Fsp3) is 0.444. The van der Waals surface area contributed by atoms with Gasteiger partial charge in [-0.2, -0.15) is 0 Å². The van der Waals surface area contributed by atoms with E-state index in [4.69, 9.17) is 0 Å². The van der Waals surface area contributed by atoms with Crippen molar-refractivity contribution in [2.75, 3.05) is 7.05 Å². The maximum absolute atomic E-state index is 12.4. The molecule has 1 aromatic heterocycles. The lowest BCUT2D eigenvalue weighted by Gasteiger charge is -2.10. The van der Waals surface area contributed by atoms with Gasteiger partial charge in [0.1, 0.15) is 0 Å². The zero-order valence-corrected chi connectivity index (χ0v) is 14.8. The minimum atomic E-state index is -0.157. The van der Waals surface area contributed by atoms with Crippen LogP contribution in [-0.2, 0) is 6.42 Å². The van der Waals surface area contributed by atoms with E-state index >= 15 is 0 Å².